The molecule has 2 rings (SSSR count). The van der Waals surface area contributed by atoms with Gasteiger partial charge >= 0.3 is 5.97 Å². The van der Waals surface area contributed by atoms with Crippen LogP contribution in [0.3, 0.4) is 0 Å². The Morgan fingerprint density at radius 2 is 2.04 bits per heavy atom. The Bertz CT molecular complexity index is 839. The number of nitrogens with one attached hydrogen (secondary N) is 2. The average Bonchev–Trinajstić information content (AvgIpc) is 2.53. The van der Waals surface area contributed by atoms with Gasteiger partial charge in [-0.3, -0.25) is 9.59 Å². The molecule has 1 aromatic heterocycles. The number of amides is 1. The number of aromatic carboxylic acids is 1. The van der Waals surface area contributed by atoms with Crippen molar-refractivity contribution >= 4 is 29.3 Å². The van der Waals surface area contributed by atoms with E-state index in [1.54, 1.807) is 24.3 Å². The van der Waals surface area contributed by atoms with Gasteiger partial charge in [0.15, 0.2) is 10.9 Å². The van der Waals surface area contributed by atoms with Gasteiger partial charge in [0.1, 0.15) is 0 Å². The van der Waals surface area contributed by atoms with Gasteiger partial charge in [-0.05, 0) is 24.3 Å². The van der Waals surface area contributed by atoms with Crippen LogP contribution in [0.15, 0.2) is 40.3 Å². The van der Waals surface area contributed by atoms with Gasteiger partial charge in [-0.25, -0.2) is 9.78 Å². The number of aromatic amines is 1. The van der Waals surface area contributed by atoms with Crippen molar-refractivity contribution < 1.29 is 14.7 Å². The second-order valence-electron chi connectivity index (χ2n) is 4.27. The summed E-state index contributed by atoms with van der Waals surface area (Å²) in [6, 6.07) is 9.15. The van der Waals surface area contributed by atoms with E-state index in [1.165, 1.54) is 0 Å². The summed E-state index contributed by atoms with van der Waals surface area (Å²) in [4.78, 5) is 40.0. The zero-order valence-electron chi connectivity index (χ0n) is 11.6. The predicted octanol–water partition coefficient (Wildman–Crippen LogP) is 1.07. The minimum atomic E-state index is -1.32. The summed E-state index contributed by atoms with van der Waals surface area (Å²) in [5, 5.41) is 20.2. The Hall–Kier alpha value is -3.12. The van der Waals surface area contributed by atoms with Crippen LogP contribution < -0.4 is 10.9 Å². The number of thioether (sulfide) groups is 1. The summed E-state index contributed by atoms with van der Waals surface area (Å²) >= 11 is 0.907. The molecule has 0 spiro atoms. The minimum Gasteiger partial charge on any atom is -0.477 e. The quantitative estimate of drug-likeness (QED) is 0.551. The highest BCUT2D eigenvalue weighted by molar-refractivity contribution is 7.99. The maximum Gasteiger partial charge on any atom is 0.354 e. The monoisotopic (exact) mass is 330 g/mol. The fraction of sp³-hybridized carbons (Fsp3) is 0.0714. The van der Waals surface area contributed by atoms with Gasteiger partial charge in [-0.2, -0.15) is 5.26 Å². The van der Waals surface area contributed by atoms with E-state index in [4.69, 9.17) is 10.4 Å². The summed E-state index contributed by atoms with van der Waals surface area (Å²) in [6.45, 7) is 0. The first-order valence-electron chi connectivity index (χ1n) is 6.25. The van der Waals surface area contributed by atoms with Crippen molar-refractivity contribution in [3.63, 3.8) is 0 Å². The molecule has 0 saturated heterocycles. The zero-order valence-corrected chi connectivity index (χ0v) is 12.4. The molecule has 0 radical (unpaired) electrons. The summed E-state index contributed by atoms with van der Waals surface area (Å²) in [6.07, 6.45) is 0. The number of carbonyl (C=O) groups is 2. The molecule has 0 unspecified atom stereocenters. The number of aromatic nitrogens is 2. The Labute approximate surface area is 134 Å². The molecule has 0 aliphatic heterocycles. The second-order valence-corrected chi connectivity index (χ2v) is 5.23. The molecule has 2 aromatic rings. The predicted molar refractivity (Wildman–Crippen MR) is 82.3 cm³/mol. The van der Waals surface area contributed by atoms with Crippen LogP contribution in [-0.4, -0.2) is 32.7 Å². The fourth-order valence-corrected chi connectivity index (χ4v) is 2.25. The third-order valence-corrected chi connectivity index (χ3v) is 3.45. The van der Waals surface area contributed by atoms with E-state index < -0.39 is 11.5 Å². The molecule has 1 aromatic carbocycles. The molecule has 3 N–H and O–H groups in total. The van der Waals surface area contributed by atoms with Crippen LogP contribution in [-0.2, 0) is 4.79 Å². The van der Waals surface area contributed by atoms with Crippen LogP contribution in [0.25, 0.3) is 0 Å². The van der Waals surface area contributed by atoms with E-state index >= 15 is 0 Å². The largest absolute Gasteiger partial charge is 0.477 e. The van der Waals surface area contributed by atoms with Crippen molar-refractivity contribution in [2.24, 2.45) is 0 Å². The highest BCUT2D eigenvalue weighted by atomic mass is 32.2. The number of H-pyrrole nitrogens is 1. The van der Waals surface area contributed by atoms with Crippen molar-refractivity contribution in [3.8, 4) is 6.07 Å². The third-order valence-electron chi connectivity index (χ3n) is 2.58. The van der Waals surface area contributed by atoms with Crippen LogP contribution in [0.4, 0.5) is 5.69 Å². The minimum absolute atomic E-state index is 0.0462. The number of benzene rings is 1. The number of hydrogen-bond donors (Lipinski definition) is 3. The van der Waals surface area contributed by atoms with Crippen molar-refractivity contribution in [2.45, 2.75) is 5.16 Å². The van der Waals surface area contributed by atoms with Crippen molar-refractivity contribution in [1.82, 2.24) is 9.97 Å². The molecule has 23 heavy (non-hydrogen) atoms. The lowest BCUT2D eigenvalue weighted by Gasteiger charge is -2.05. The topological polar surface area (TPSA) is 136 Å². The molecule has 0 aliphatic carbocycles. The van der Waals surface area contributed by atoms with Crippen molar-refractivity contribution in [2.75, 3.05) is 11.1 Å². The van der Waals surface area contributed by atoms with Crippen LogP contribution in [0.5, 0.6) is 0 Å². The summed E-state index contributed by atoms with van der Waals surface area (Å²) in [5.41, 5.74) is 0.0103. The van der Waals surface area contributed by atoms with Crippen LogP contribution in [0, 0.1) is 11.3 Å². The average molecular weight is 330 g/mol. The smallest absolute Gasteiger partial charge is 0.354 e. The van der Waals surface area contributed by atoms with E-state index in [2.05, 4.69) is 15.3 Å². The first-order chi connectivity index (χ1) is 11.0. The van der Waals surface area contributed by atoms with E-state index in [1.807, 2.05) is 6.07 Å². The highest BCUT2D eigenvalue weighted by Gasteiger charge is 2.10. The zero-order chi connectivity index (χ0) is 16.8. The van der Waals surface area contributed by atoms with Crippen molar-refractivity contribution in [1.29, 1.82) is 5.26 Å². The van der Waals surface area contributed by atoms with Crippen LogP contribution in [0.2, 0.25) is 0 Å². The second kappa shape index (κ2) is 7.24. The molecule has 0 fully saturated rings. The maximum absolute atomic E-state index is 11.8. The van der Waals surface area contributed by atoms with E-state index in [0.717, 1.165) is 17.8 Å². The van der Waals surface area contributed by atoms with Crippen molar-refractivity contribution in [3.05, 3.63) is 51.9 Å². The fourth-order valence-electron chi connectivity index (χ4n) is 1.57. The number of rotatable bonds is 5. The molecule has 0 aliphatic rings. The van der Waals surface area contributed by atoms with Crippen LogP contribution in [0.1, 0.15) is 16.1 Å². The van der Waals surface area contributed by atoms with Gasteiger partial charge in [-0.15, -0.1) is 0 Å². The Morgan fingerprint density at radius 3 is 2.65 bits per heavy atom. The Balaban J connectivity index is 1.97. The van der Waals surface area contributed by atoms with E-state index in [0.29, 0.717) is 11.3 Å². The van der Waals surface area contributed by atoms with Gasteiger partial charge in [0.25, 0.3) is 5.56 Å². The van der Waals surface area contributed by atoms with Gasteiger partial charge in [0.2, 0.25) is 5.91 Å². The summed E-state index contributed by atoms with van der Waals surface area (Å²) in [5.74, 6) is -1.74. The van der Waals surface area contributed by atoms with Gasteiger partial charge in [0.05, 0.1) is 17.4 Å². The van der Waals surface area contributed by atoms with Gasteiger partial charge in [0, 0.05) is 11.8 Å². The number of nitriles is 1. The number of hydrogen-bond acceptors (Lipinski definition) is 6. The molecule has 1 amide bonds. The standard InChI is InChI=1S/C14H10N4O4S/c15-6-8-1-3-9(4-2-8)16-12(20)7-23-14-17-10(13(21)22)5-11(19)18-14/h1-5H,7H2,(H,16,20)(H,21,22)(H,17,18,19). The maximum atomic E-state index is 11.8. The molecular formula is C14H10N4O4S. The van der Waals surface area contributed by atoms with Crippen LogP contribution >= 0.6 is 11.8 Å². The number of nitrogens with zero attached hydrogens (tertiary/aromatic N) is 2. The van der Waals surface area contributed by atoms with Gasteiger partial charge < -0.3 is 15.4 Å². The molecule has 0 saturated carbocycles. The van der Waals surface area contributed by atoms with E-state index in [-0.39, 0.29) is 22.5 Å². The first-order valence-corrected chi connectivity index (χ1v) is 7.24. The lowest BCUT2D eigenvalue weighted by molar-refractivity contribution is -0.113. The molecule has 0 bridgehead atoms. The molecule has 1 heterocycles. The third kappa shape index (κ3) is 4.69. The molecule has 0 atom stereocenters. The summed E-state index contributed by atoms with van der Waals surface area (Å²) in [7, 11) is 0. The lowest BCUT2D eigenvalue weighted by atomic mass is 10.2. The summed E-state index contributed by atoms with van der Waals surface area (Å²) < 4.78 is 0. The molecule has 9 heteroatoms. The normalized spacial score (nSPS) is 9.87. The number of anilines is 1. The first kappa shape index (κ1) is 16.3. The SMILES string of the molecule is N#Cc1ccc(NC(=O)CSc2nc(C(=O)O)cc(=O)[nH]2)cc1. The number of carboxylic acids is 1. The number of carboxylic acid groups (broad SMARTS) is 1. The molecular weight excluding hydrogens is 320 g/mol. The Morgan fingerprint density at radius 1 is 1.35 bits per heavy atom. The molecule has 8 nitrogen and oxygen atoms in total. The highest BCUT2D eigenvalue weighted by Crippen LogP contribution is 2.13. The van der Waals surface area contributed by atoms with E-state index in [9.17, 15) is 14.4 Å². The molecule has 116 valence electrons. The lowest BCUT2D eigenvalue weighted by Crippen LogP contribution is -2.16. The van der Waals surface area contributed by atoms with Gasteiger partial charge in [-0.1, -0.05) is 11.8 Å². The number of carbonyl (C=O) groups excluding carboxylic acids is 1. The Kier molecular flexibility index (Phi) is 5.11.